The van der Waals surface area contributed by atoms with E-state index in [4.69, 9.17) is 44.9 Å². The molecular weight excluding hydrogens is 407 g/mol. The smallest absolute Gasteiger partial charge is 0.257 e. The number of halogens is 2. The Morgan fingerprint density at radius 2 is 1.81 bits per heavy atom. The van der Waals surface area contributed by atoms with Gasteiger partial charge in [0, 0.05) is 16.1 Å². The highest BCUT2D eigenvalue weighted by atomic mass is 35.5. The van der Waals surface area contributed by atoms with Crippen molar-refractivity contribution in [3.8, 4) is 11.3 Å². The number of hydrogen-bond acceptors (Lipinski definition) is 4. The van der Waals surface area contributed by atoms with E-state index in [2.05, 4.69) is 10.6 Å². The zero-order valence-electron chi connectivity index (χ0n) is 13.8. The van der Waals surface area contributed by atoms with Crippen molar-refractivity contribution in [2.24, 2.45) is 0 Å². The van der Waals surface area contributed by atoms with Crippen molar-refractivity contribution in [3.05, 3.63) is 76.0 Å². The van der Waals surface area contributed by atoms with Crippen molar-refractivity contribution < 1.29 is 14.3 Å². The molecule has 0 unspecified atom stereocenters. The Balaban J connectivity index is 1.72. The van der Waals surface area contributed by atoms with Gasteiger partial charge in [0.2, 0.25) is 0 Å². The number of carbonyl (C=O) groups is 1. The average Bonchev–Trinajstić information content (AvgIpc) is 3.13. The van der Waals surface area contributed by atoms with Crippen molar-refractivity contribution in [1.82, 2.24) is 5.32 Å². The maximum atomic E-state index is 12.2. The van der Waals surface area contributed by atoms with E-state index in [0.717, 1.165) is 5.56 Å². The molecule has 0 aliphatic rings. The van der Waals surface area contributed by atoms with Gasteiger partial charge in [-0.3, -0.25) is 10.1 Å². The van der Waals surface area contributed by atoms with Gasteiger partial charge in [0.05, 0.1) is 10.7 Å². The fourth-order valence-corrected chi connectivity index (χ4v) is 2.82. The van der Waals surface area contributed by atoms with Crippen molar-refractivity contribution >= 4 is 52.1 Å². The first-order valence-electron chi connectivity index (χ1n) is 7.83. The summed E-state index contributed by atoms with van der Waals surface area (Å²) in [6, 6.07) is 15.1. The molecule has 2 aromatic carbocycles. The topological polar surface area (TPSA) is 74.5 Å². The molecule has 3 N–H and O–H groups in total. The third-order valence-electron chi connectivity index (χ3n) is 3.65. The van der Waals surface area contributed by atoms with Gasteiger partial charge in [0.1, 0.15) is 18.1 Å². The lowest BCUT2D eigenvalue weighted by Crippen LogP contribution is -2.34. The molecule has 0 atom stereocenters. The van der Waals surface area contributed by atoms with Gasteiger partial charge in [0.25, 0.3) is 5.91 Å². The summed E-state index contributed by atoms with van der Waals surface area (Å²) in [6.07, 6.45) is 0. The van der Waals surface area contributed by atoms with Gasteiger partial charge in [-0.2, -0.15) is 0 Å². The second-order valence-electron chi connectivity index (χ2n) is 5.53. The van der Waals surface area contributed by atoms with Gasteiger partial charge in [-0.15, -0.1) is 0 Å². The number of anilines is 1. The van der Waals surface area contributed by atoms with Gasteiger partial charge in [-0.1, -0.05) is 23.2 Å². The highest BCUT2D eigenvalue weighted by molar-refractivity contribution is 7.80. The van der Waals surface area contributed by atoms with Gasteiger partial charge in [0.15, 0.2) is 5.11 Å². The largest absolute Gasteiger partial charge is 0.459 e. The second-order valence-corrected chi connectivity index (χ2v) is 6.79. The molecule has 0 aliphatic carbocycles. The van der Waals surface area contributed by atoms with Crippen LogP contribution >= 0.6 is 35.4 Å². The van der Waals surface area contributed by atoms with Crippen molar-refractivity contribution in [2.45, 2.75) is 6.61 Å². The first kappa shape index (κ1) is 19.4. The monoisotopic (exact) mass is 420 g/mol. The minimum atomic E-state index is -0.366. The third kappa shape index (κ3) is 4.87. The number of furan rings is 1. The van der Waals surface area contributed by atoms with Crippen LogP contribution in [0.4, 0.5) is 5.69 Å². The number of rotatable bonds is 4. The number of aliphatic hydroxyl groups excluding tert-OH is 1. The summed E-state index contributed by atoms with van der Waals surface area (Å²) in [4.78, 5) is 12.2. The lowest BCUT2D eigenvalue weighted by molar-refractivity contribution is 0.0977. The van der Waals surface area contributed by atoms with Crippen LogP contribution < -0.4 is 10.6 Å². The SMILES string of the molecule is O=C(NC(=S)Nc1cc(-c2ccc(CO)o2)ccc1Cl)c1ccc(Cl)cc1. The standard InChI is InChI=1S/C19H14Cl2N2O3S/c20-13-4-1-11(2-5-13)18(25)23-19(27)22-16-9-12(3-7-15(16)21)17-8-6-14(10-24)26-17/h1-9,24H,10H2,(H2,22,23,25,27). The molecule has 0 radical (unpaired) electrons. The fraction of sp³-hybridized carbons (Fsp3) is 0.0526. The minimum absolute atomic E-state index is 0.101. The zero-order chi connectivity index (χ0) is 19.4. The maximum Gasteiger partial charge on any atom is 0.257 e. The molecule has 0 saturated heterocycles. The Morgan fingerprint density at radius 3 is 2.48 bits per heavy atom. The Morgan fingerprint density at radius 1 is 1.07 bits per heavy atom. The number of aliphatic hydroxyl groups is 1. The summed E-state index contributed by atoms with van der Waals surface area (Å²) in [7, 11) is 0. The quantitative estimate of drug-likeness (QED) is 0.524. The molecule has 1 aromatic heterocycles. The Hall–Kier alpha value is -2.38. The number of benzene rings is 2. The molecule has 5 nitrogen and oxygen atoms in total. The summed E-state index contributed by atoms with van der Waals surface area (Å²) < 4.78 is 5.52. The Kier molecular flexibility index (Phi) is 6.13. The Labute approximate surface area is 170 Å². The van der Waals surface area contributed by atoms with E-state index in [-0.39, 0.29) is 17.6 Å². The van der Waals surface area contributed by atoms with Crippen LogP contribution in [0.5, 0.6) is 0 Å². The van der Waals surface area contributed by atoms with Gasteiger partial charge < -0.3 is 14.8 Å². The predicted octanol–water partition coefficient (Wildman–Crippen LogP) is 4.87. The molecule has 138 valence electrons. The highest BCUT2D eigenvalue weighted by Gasteiger charge is 2.11. The lowest BCUT2D eigenvalue weighted by Gasteiger charge is -2.12. The molecule has 1 amide bonds. The molecule has 3 rings (SSSR count). The molecule has 0 bridgehead atoms. The van der Waals surface area contributed by atoms with Crippen LogP contribution in [0.3, 0.4) is 0 Å². The number of carbonyl (C=O) groups excluding carboxylic acids is 1. The van der Waals surface area contributed by atoms with E-state index >= 15 is 0 Å². The first-order chi connectivity index (χ1) is 13.0. The van der Waals surface area contributed by atoms with Crippen molar-refractivity contribution in [3.63, 3.8) is 0 Å². The van der Waals surface area contributed by atoms with E-state index < -0.39 is 0 Å². The van der Waals surface area contributed by atoms with Crippen molar-refractivity contribution in [1.29, 1.82) is 0 Å². The van der Waals surface area contributed by atoms with E-state index in [9.17, 15) is 4.79 Å². The average molecular weight is 421 g/mol. The molecule has 27 heavy (non-hydrogen) atoms. The zero-order valence-corrected chi connectivity index (χ0v) is 16.2. The molecule has 0 fully saturated rings. The third-order valence-corrected chi connectivity index (χ3v) is 4.44. The van der Waals surface area contributed by atoms with E-state index in [1.54, 1.807) is 54.6 Å². The molecule has 3 aromatic rings. The maximum absolute atomic E-state index is 12.2. The molecule has 0 saturated carbocycles. The molecule has 1 heterocycles. The number of hydrogen-bond donors (Lipinski definition) is 3. The Bertz CT molecular complexity index is 987. The fourth-order valence-electron chi connectivity index (χ4n) is 2.32. The summed E-state index contributed by atoms with van der Waals surface area (Å²) in [5.74, 6) is 0.671. The van der Waals surface area contributed by atoms with E-state index in [1.807, 2.05) is 0 Å². The number of amides is 1. The predicted molar refractivity (Wildman–Crippen MR) is 110 cm³/mol. The molecule has 8 heteroatoms. The van der Waals surface area contributed by atoms with Crippen LogP contribution in [0.1, 0.15) is 16.1 Å². The van der Waals surface area contributed by atoms with E-state index in [1.165, 1.54) is 0 Å². The summed E-state index contributed by atoms with van der Waals surface area (Å²) in [6.45, 7) is -0.181. The summed E-state index contributed by atoms with van der Waals surface area (Å²) in [5, 5.41) is 15.7. The lowest BCUT2D eigenvalue weighted by atomic mass is 10.1. The number of nitrogens with one attached hydrogen (secondary N) is 2. The van der Waals surface area contributed by atoms with Gasteiger partial charge in [-0.05, 0) is 66.8 Å². The molecule has 0 spiro atoms. The van der Waals surface area contributed by atoms with Crippen LogP contribution in [-0.4, -0.2) is 16.1 Å². The van der Waals surface area contributed by atoms with Crippen LogP contribution in [0.15, 0.2) is 59.0 Å². The number of thiocarbonyl (C=S) groups is 1. The first-order valence-corrected chi connectivity index (χ1v) is 9.00. The van der Waals surface area contributed by atoms with Crippen LogP contribution in [0, 0.1) is 0 Å². The normalized spacial score (nSPS) is 10.5. The summed E-state index contributed by atoms with van der Waals surface area (Å²) >= 11 is 17.2. The van der Waals surface area contributed by atoms with Gasteiger partial charge >= 0.3 is 0 Å². The van der Waals surface area contributed by atoms with Crippen molar-refractivity contribution in [2.75, 3.05) is 5.32 Å². The minimum Gasteiger partial charge on any atom is -0.459 e. The van der Waals surface area contributed by atoms with Crippen LogP contribution in [0.2, 0.25) is 10.0 Å². The molecular formula is C19H14Cl2N2O3S. The molecule has 0 aliphatic heterocycles. The van der Waals surface area contributed by atoms with Crippen LogP contribution in [0.25, 0.3) is 11.3 Å². The summed E-state index contributed by atoms with van der Waals surface area (Å²) in [5.41, 5.74) is 1.68. The highest BCUT2D eigenvalue weighted by Crippen LogP contribution is 2.30. The van der Waals surface area contributed by atoms with Crippen LogP contribution in [-0.2, 0) is 6.61 Å². The second kappa shape index (κ2) is 8.54. The van der Waals surface area contributed by atoms with E-state index in [0.29, 0.717) is 32.8 Å². The van der Waals surface area contributed by atoms with Gasteiger partial charge in [-0.25, -0.2) is 0 Å².